The van der Waals surface area contributed by atoms with Gasteiger partial charge in [-0.2, -0.15) is 0 Å². The molecule has 0 saturated carbocycles. The molecule has 5 nitrogen and oxygen atoms in total. The zero-order chi connectivity index (χ0) is 20.6. The maximum Gasteiger partial charge on any atom is 0.220 e. The summed E-state index contributed by atoms with van der Waals surface area (Å²) in [5.74, 6) is -0.0931. The largest absolute Gasteiger partial charge is 0.400 e. The van der Waals surface area contributed by atoms with Crippen molar-refractivity contribution in [3.63, 3.8) is 0 Å². The fraction of sp³-hybridized carbons (Fsp3) is 0.333. The average molecular weight is 363 g/mol. The van der Waals surface area contributed by atoms with E-state index in [1.54, 1.807) is 13.8 Å². The van der Waals surface area contributed by atoms with E-state index in [1.165, 1.54) is 6.92 Å². The Morgan fingerprint density at radius 2 is 0.962 bits per heavy atom. The second kappa shape index (κ2) is 24.7. The van der Waals surface area contributed by atoms with Crippen molar-refractivity contribution >= 4 is 11.7 Å². The van der Waals surface area contributed by atoms with Crippen molar-refractivity contribution in [2.24, 2.45) is 0 Å². The number of benzene rings is 2. The van der Waals surface area contributed by atoms with E-state index < -0.39 is 0 Å². The average Bonchev–Trinajstić information content (AvgIpc) is 2.74. The standard InChI is InChI=1S/C7H13NO2.2C6H6.2CH4O/c1-4-7(10)8-5(2)6(3)9;2*1-2-4-6-5-3-1;2*1-2/h5H,4H2,1-3H3,(H,8,10);2*1-6H;2*2H,1H3. The number of aliphatic hydroxyl groups is 2. The van der Waals surface area contributed by atoms with Gasteiger partial charge >= 0.3 is 0 Å². The molecule has 0 aliphatic carbocycles. The lowest BCUT2D eigenvalue weighted by Gasteiger charge is -2.08. The van der Waals surface area contributed by atoms with E-state index in [4.69, 9.17) is 10.2 Å². The summed E-state index contributed by atoms with van der Waals surface area (Å²) in [5.41, 5.74) is 0. The molecule has 1 amide bonds. The van der Waals surface area contributed by atoms with E-state index in [2.05, 4.69) is 5.32 Å². The van der Waals surface area contributed by atoms with E-state index in [0.717, 1.165) is 14.2 Å². The molecule has 1 unspecified atom stereocenters. The van der Waals surface area contributed by atoms with E-state index in [-0.39, 0.29) is 17.7 Å². The van der Waals surface area contributed by atoms with Crippen LogP contribution in [0.1, 0.15) is 27.2 Å². The minimum absolute atomic E-state index is 0.0122. The predicted octanol–water partition coefficient (Wildman–Crippen LogP) is 3.08. The molecule has 0 spiro atoms. The normalized spacial score (nSPS) is 8.88. The van der Waals surface area contributed by atoms with Gasteiger partial charge in [-0.25, -0.2) is 0 Å². The molecule has 0 fully saturated rings. The first-order chi connectivity index (χ1) is 12.6. The maximum absolute atomic E-state index is 10.7. The van der Waals surface area contributed by atoms with Crippen molar-refractivity contribution in [3.05, 3.63) is 72.8 Å². The van der Waals surface area contributed by atoms with E-state index in [1.807, 2.05) is 72.8 Å². The molecule has 2 aromatic carbocycles. The topological polar surface area (TPSA) is 86.6 Å². The van der Waals surface area contributed by atoms with Gasteiger partial charge < -0.3 is 15.5 Å². The summed E-state index contributed by atoms with van der Waals surface area (Å²) in [5, 5.41) is 16.5. The number of ketones is 1. The van der Waals surface area contributed by atoms with Crippen LogP contribution in [-0.4, -0.2) is 42.2 Å². The fourth-order valence-corrected chi connectivity index (χ4v) is 1.21. The summed E-state index contributed by atoms with van der Waals surface area (Å²) in [6.45, 7) is 4.89. The molecule has 0 radical (unpaired) electrons. The lowest BCUT2D eigenvalue weighted by Crippen LogP contribution is -2.36. The minimum Gasteiger partial charge on any atom is -0.400 e. The SMILES string of the molecule is CCC(=O)NC(C)C(C)=O.CO.CO.c1ccccc1.c1ccccc1. The zero-order valence-corrected chi connectivity index (χ0v) is 16.4. The quantitative estimate of drug-likeness (QED) is 0.782. The monoisotopic (exact) mass is 363 g/mol. The van der Waals surface area contributed by atoms with Crippen molar-refractivity contribution in [2.45, 2.75) is 33.2 Å². The number of aliphatic hydroxyl groups excluding tert-OH is 2. The van der Waals surface area contributed by atoms with Crippen LogP contribution in [0.25, 0.3) is 0 Å². The van der Waals surface area contributed by atoms with Crippen molar-refractivity contribution in [1.29, 1.82) is 0 Å². The molecule has 1 atom stereocenters. The minimum atomic E-state index is -0.340. The Balaban J connectivity index is -0.000000287. The lowest BCUT2D eigenvalue weighted by atomic mass is 10.2. The molecule has 0 saturated heterocycles. The molecule has 0 aliphatic heterocycles. The summed E-state index contributed by atoms with van der Waals surface area (Å²) in [7, 11) is 2.00. The van der Waals surface area contributed by atoms with Gasteiger partial charge in [-0.15, -0.1) is 0 Å². The molecule has 5 heteroatoms. The molecule has 2 rings (SSSR count). The van der Waals surface area contributed by atoms with Crippen molar-refractivity contribution in [3.8, 4) is 0 Å². The Morgan fingerprint density at radius 3 is 1.12 bits per heavy atom. The Hall–Kier alpha value is -2.50. The van der Waals surface area contributed by atoms with E-state index in [0.29, 0.717) is 6.42 Å². The first-order valence-electron chi connectivity index (χ1n) is 8.27. The molecule has 0 aliphatic rings. The summed E-state index contributed by atoms with van der Waals surface area (Å²) < 4.78 is 0. The van der Waals surface area contributed by atoms with Crippen LogP contribution >= 0.6 is 0 Å². The predicted molar refractivity (Wildman–Crippen MR) is 108 cm³/mol. The van der Waals surface area contributed by atoms with Gasteiger partial charge in [0.05, 0.1) is 6.04 Å². The molecule has 2 aromatic rings. The smallest absolute Gasteiger partial charge is 0.220 e. The Labute approximate surface area is 157 Å². The van der Waals surface area contributed by atoms with Gasteiger partial charge in [0.25, 0.3) is 0 Å². The second-order valence-electron chi connectivity index (χ2n) is 4.56. The van der Waals surface area contributed by atoms with Gasteiger partial charge in [-0.1, -0.05) is 79.7 Å². The first-order valence-corrected chi connectivity index (χ1v) is 8.27. The summed E-state index contributed by atoms with van der Waals surface area (Å²) in [4.78, 5) is 21.2. The third-order valence-corrected chi connectivity index (χ3v) is 2.64. The van der Waals surface area contributed by atoms with Gasteiger partial charge in [-0.05, 0) is 13.8 Å². The first kappa shape index (κ1) is 28.3. The number of Topliss-reactive ketones (excluding diaryl/α,β-unsaturated/α-hetero) is 1. The van der Waals surface area contributed by atoms with Gasteiger partial charge in [0, 0.05) is 20.6 Å². The van der Waals surface area contributed by atoms with Crippen LogP contribution in [-0.2, 0) is 9.59 Å². The lowest BCUT2D eigenvalue weighted by molar-refractivity contribution is -0.126. The van der Waals surface area contributed by atoms with Gasteiger partial charge in [-0.3, -0.25) is 9.59 Å². The van der Waals surface area contributed by atoms with Crippen LogP contribution < -0.4 is 5.32 Å². The highest BCUT2D eigenvalue weighted by Gasteiger charge is 2.08. The summed E-state index contributed by atoms with van der Waals surface area (Å²) in [6.07, 6.45) is 0.428. The Kier molecular flexibility index (Phi) is 26.9. The van der Waals surface area contributed by atoms with Crippen LogP contribution in [0.4, 0.5) is 0 Å². The molecule has 0 bridgehead atoms. The Morgan fingerprint density at radius 1 is 0.731 bits per heavy atom. The van der Waals surface area contributed by atoms with Crippen molar-refractivity contribution in [1.82, 2.24) is 5.32 Å². The summed E-state index contributed by atoms with van der Waals surface area (Å²) >= 11 is 0. The maximum atomic E-state index is 10.7. The molecule has 26 heavy (non-hydrogen) atoms. The van der Waals surface area contributed by atoms with Crippen LogP contribution in [0.3, 0.4) is 0 Å². The second-order valence-corrected chi connectivity index (χ2v) is 4.56. The molecular weight excluding hydrogens is 330 g/mol. The number of amides is 1. The molecule has 146 valence electrons. The number of hydrogen-bond donors (Lipinski definition) is 3. The zero-order valence-electron chi connectivity index (χ0n) is 16.4. The van der Waals surface area contributed by atoms with Crippen LogP contribution in [0.5, 0.6) is 0 Å². The van der Waals surface area contributed by atoms with Gasteiger partial charge in [0.15, 0.2) is 5.78 Å². The van der Waals surface area contributed by atoms with Crippen LogP contribution in [0, 0.1) is 0 Å². The molecular formula is C21H33NO4. The molecule has 3 N–H and O–H groups in total. The number of carbonyl (C=O) groups excluding carboxylic acids is 2. The van der Waals surface area contributed by atoms with Crippen LogP contribution in [0.15, 0.2) is 72.8 Å². The van der Waals surface area contributed by atoms with E-state index >= 15 is 0 Å². The summed E-state index contributed by atoms with van der Waals surface area (Å²) in [6, 6.07) is 23.7. The number of rotatable bonds is 3. The fourth-order valence-electron chi connectivity index (χ4n) is 1.21. The van der Waals surface area contributed by atoms with E-state index in [9.17, 15) is 9.59 Å². The third-order valence-electron chi connectivity index (χ3n) is 2.64. The third kappa shape index (κ3) is 23.8. The van der Waals surface area contributed by atoms with Crippen molar-refractivity contribution in [2.75, 3.05) is 14.2 Å². The highest BCUT2D eigenvalue weighted by molar-refractivity contribution is 5.86. The highest BCUT2D eigenvalue weighted by Crippen LogP contribution is 1.84. The van der Waals surface area contributed by atoms with Gasteiger partial charge in [0.2, 0.25) is 5.91 Å². The van der Waals surface area contributed by atoms with Crippen molar-refractivity contribution < 1.29 is 19.8 Å². The number of nitrogens with one attached hydrogen (secondary N) is 1. The number of carbonyl (C=O) groups is 2. The molecule has 0 heterocycles. The highest BCUT2D eigenvalue weighted by atomic mass is 16.2. The van der Waals surface area contributed by atoms with Gasteiger partial charge in [0.1, 0.15) is 0 Å². The molecule has 0 aromatic heterocycles. The van der Waals surface area contributed by atoms with Crippen LogP contribution in [0.2, 0.25) is 0 Å². The number of hydrogen-bond acceptors (Lipinski definition) is 4. The Bertz CT molecular complexity index is 419.